The van der Waals surface area contributed by atoms with E-state index >= 15 is 0 Å². The molecule has 0 saturated carbocycles. The van der Waals surface area contributed by atoms with E-state index in [1.54, 1.807) is 24.4 Å². The fourth-order valence-electron chi connectivity index (χ4n) is 2.57. The third-order valence-corrected chi connectivity index (χ3v) is 4.72. The Kier molecular flexibility index (Phi) is 5.55. The Morgan fingerprint density at radius 1 is 1.11 bits per heavy atom. The lowest BCUT2D eigenvalue weighted by Gasteiger charge is -2.14. The van der Waals surface area contributed by atoms with E-state index in [4.69, 9.17) is 19.3 Å². The van der Waals surface area contributed by atoms with Gasteiger partial charge in [0.2, 0.25) is 0 Å². The van der Waals surface area contributed by atoms with E-state index in [2.05, 4.69) is 14.2 Å². The number of ether oxygens (including phenoxy) is 3. The fraction of sp³-hybridized carbons (Fsp3) is 0.118. The number of aromatic nitrogens is 1. The smallest absolute Gasteiger partial charge is 0.296 e. The van der Waals surface area contributed by atoms with Crippen LogP contribution in [-0.2, 0) is 10.2 Å². The number of benzene rings is 2. The van der Waals surface area contributed by atoms with Gasteiger partial charge in [0.05, 0.1) is 25.4 Å². The van der Waals surface area contributed by atoms with Gasteiger partial charge in [-0.05, 0) is 18.2 Å². The Labute approximate surface area is 163 Å². The van der Waals surface area contributed by atoms with Crippen LogP contribution >= 0.6 is 9.24 Å². The minimum atomic E-state index is -4.12. The monoisotopic (exact) mass is 425 g/mol. The van der Waals surface area contributed by atoms with E-state index in [9.17, 15) is 12.8 Å². The van der Waals surface area contributed by atoms with Gasteiger partial charge in [-0.15, -0.1) is 9.24 Å². The van der Waals surface area contributed by atoms with Crippen LogP contribution in [-0.4, -0.2) is 27.6 Å². The highest BCUT2D eigenvalue weighted by atomic mass is 32.2. The second-order valence-electron chi connectivity index (χ2n) is 5.65. The fourth-order valence-corrected chi connectivity index (χ4v) is 3.55. The molecule has 3 N–H and O–H groups in total. The van der Waals surface area contributed by atoms with Gasteiger partial charge in [0.15, 0.2) is 17.3 Å². The van der Waals surface area contributed by atoms with Crippen molar-refractivity contribution in [2.24, 2.45) is 5.14 Å². The average Bonchev–Trinajstić information content (AvgIpc) is 2.63. The number of hydrogen-bond donors (Lipinski definition) is 2. The van der Waals surface area contributed by atoms with E-state index < -0.39 is 16.0 Å². The topological polar surface area (TPSA) is 113 Å². The van der Waals surface area contributed by atoms with Crippen LogP contribution in [0.5, 0.6) is 23.0 Å². The maximum atomic E-state index is 14.4. The van der Waals surface area contributed by atoms with Gasteiger partial charge >= 0.3 is 0 Å². The van der Waals surface area contributed by atoms with E-state index in [1.165, 1.54) is 20.3 Å². The van der Waals surface area contributed by atoms with E-state index in [-0.39, 0.29) is 16.7 Å². The van der Waals surface area contributed by atoms with Crippen LogP contribution < -0.4 is 29.4 Å². The number of nitrogens with one attached hydrogen (secondary N) is 1. The summed E-state index contributed by atoms with van der Waals surface area (Å²) >= 11 is 0. The standard InChI is InChI=1S/C17H17FN3O5PS/c1-24-14-7-10-12(8-15(14)25-2)20-4-3-13(10)26-9-5-11(18)17(16(27)6-9)21-28(19,22)23/h3-8,21H,27H2,1-2H3,(H2,19,22,23). The highest BCUT2D eigenvalue weighted by Gasteiger charge is 2.15. The SMILES string of the molecule is COc1cc2nccc(Oc3cc(F)c(NS(N)(=O)=O)c(P)c3)c2cc1OC. The number of fused-ring (bicyclic) bond motifs is 1. The zero-order valence-electron chi connectivity index (χ0n) is 14.9. The third-order valence-electron chi connectivity index (χ3n) is 3.77. The van der Waals surface area contributed by atoms with Crippen molar-refractivity contribution in [3.63, 3.8) is 0 Å². The highest BCUT2D eigenvalue weighted by Crippen LogP contribution is 2.37. The van der Waals surface area contributed by atoms with Crippen molar-refractivity contribution in [3.05, 3.63) is 42.3 Å². The van der Waals surface area contributed by atoms with Crippen LogP contribution in [0.2, 0.25) is 0 Å². The molecule has 0 aliphatic heterocycles. The van der Waals surface area contributed by atoms with Gasteiger partial charge in [-0.3, -0.25) is 9.71 Å². The largest absolute Gasteiger partial charge is 0.493 e. The molecule has 0 radical (unpaired) electrons. The lowest BCUT2D eigenvalue weighted by Crippen LogP contribution is -2.25. The predicted molar refractivity (Wildman–Crippen MR) is 107 cm³/mol. The summed E-state index contributed by atoms with van der Waals surface area (Å²) in [6.07, 6.45) is 1.54. The van der Waals surface area contributed by atoms with Gasteiger partial charge < -0.3 is 14.2 Å². The highest BCUT2D eigenvalue weighted by molar-refractivity contribution is 7.90. The number of nitrogens with two attached hydrogens (primary N) is 1. The minimum Gasteiger partial charge on any atom is -0.493 e. The lowest BCUT2D eigenvalue weighted by atomic mass is 10.2. The Hall–Kier alpha value is -2.68. The molecule has 8 nitrogen and oxygen atoms in total. The number of rotatable bonds is 6. The minimum absolute atomic E-state index is 0.157. The molecular formula is C17H17FN3O5PS. The summed E-state index contributed by atoms with van der Waals surface area (Å²) < 4.78 is 55.0. The molecule has 2 aromatic carbocycles. The molecule has 1 atom stereocenters. The normalized spacial score (nSPS) is 11.3. The first kappa shape index (κ1) is 20.1. The van der Waals surface area contributed by atoms with Crippen molar-refractivity contribution in [2.75, 3.05) is 18.9 Å². The molecule has 148 valence electrons. The summed E-state index contributed by atoms with van der Waals surface area (Å²) in [5, 5.41) is 5.75. The second-order valence-corrected chi connectivity index (χ2v) is 7.57. The van der Waals surface area contributed by atoms with Crippen molar-refractivity contribution >= 4 is 41.3 Å². The number of hydrogen-bond acceptors (Lipinski definition) is 6. The zero-order chi connectivity index (χ0) is 20.5. The molecule has 0 aliphatic carbocycles. The maximum Gasteiger partial charge on any atom is 0.296 e. The van der Waals surface area contributed by atoms with Gasteiger partial charge in [-0.25, -0.2) is 9.53 Å². The van der Waals surface area contributed by atoms with Crippen LogP contribution in [0.25, 0.3) is 10.9 Å². The van der Waals surface area contributed by atoms with Crippen LogP contribution in [0.4, 0.5) is 10.1 Å². The third kappa shape index (κ3) is 4.24. The number of halogens is 1. The molecular weight excluding hydrogens is 408 g/mol. The summed E-state index contributed by atoms with van der Waals surface area (Å²) in [6.45, 7) is 0. The second kappa shape index (κ2) is 7.75. The molecule has 0 bridgehead atoms. The number of anilines is 1. The molecule has 0 aliphatic rings. The quantitative estimate of drug-likeness (QED) is 0.586. The summed E-state index contributed by atoms with van der Waals surface area (Å²) in [5.74, 6) is 0.718. The first-order chi connectivity index (χ1) is 13.2. The lowest BCUT2D eigenvalue weighted by molar-refractivity contribution is 0.355. The molecule has 0 spiro atoms. The Morgan fingerprint density at radius 2 is 1.79 bits per heavy atom. The average molecular weight is 425 g/mol. The van der Waals surface area contributed by atoms with Crippen LogP contribution in [0.1, 0.15) is 0 Å². The van der Waals surface area contributed by atoms with E-state index in [0.29, 0.717) is 28.2 Å². The molecule has 0 fully saturated rings. The number of pyridine rings is 1. The number of nitrogens with zero attached hydrogens (tertiary/aromatic N) is 1. The Balaban J connectivity index is 2.03. The van der Waals surface area contributed by atoms with Crippen LogP contribution in [0, 0.1) is 5.82 Å². The molecule has 1 aromatic heterocycles. The van der Waals surface area contributed by atoms with Gasteiger partial charge in [0.1, 0.15) is 11.5 Å². The van der Waals surface area contributed by atoms with Gasteiger partial charge in [-0.1, -0.05) is 0 Å². The summed E-state index contributed by atoms with van der Waals surface area (Å²) in [7, 11) is 1.14. The molecule has 1 heterocycles. The molecule has 3 rings (SSSR count). The van der Waals surface area contributed by atoms with Gasteiger partial charge in [0, 0.05) is 29.0 Å². The molecule has 1 unspecified atom stereocenters. The van der Waals surface area contributed by atoms with E-state index in [0.717, 1.165) is 6.07 Å². The van der Waals surface area contributed by atoms with Crippen molar-refractivity contribution in [2.45, 2.75) is 0 Å². The first-order valence-electron chi connectivity index (χ1n) is 7.80. The predicted octanol–water partition coefficient (Wildman–Crippen LogP) is 2.30. The molecule has 0 saturated heterocycles. The zero-order valence-corrected chi connectivity index (χ0v) is 16.9. The van der Waals surface area contributed by atoms with Crippen LogP contribution in [0.3, 0.4) is 0 Å². The van der Waals surface area contributed by atoms with E-state index in [1.807, 2.05) is 4.72 Å². The molecule has 11 heteroatoms. The van der Waals surface area contributed by atoms with Crippen molar-refractivity contribution in [1.82, 2.24) is 4.98 Å². The van der Waals surface area contributed by atoms with Crippen molar-refractivity contribution < 1.29 is 27.0 Å². The first-order valence-corrected chi connectivity index (χ1v) is 9.92. The van der Waals surface area contributed by atoms with Crippen molar-refractivity contribution in [3.8, 4) is 23.0 Å². The summed E-state index contributed by atoms with van der Waals surface area (Å²) in [5.41, 5.74) is 0.320. The van der Waals surface area contributed by atoms with Gasteiger partial charge in [0.25, 0.3) is 10.2 Å². The number of methoxy groups -OCH3 is 2. The van der Waals surface area contributed by atoms with Gasteiger partial charge in [-0.2, -0.15) is 8.42 Å². The Morgan fingerprint density at radius 3 is 2.39 bits per heavy atom. The summed E-state index contributed by atoms with van der Waals surface area (Å²) in [6, 6.07) is 7.51. The van der Waals surface area contributed by atoms with Crippen molar-refractivity contribution in [1.29, 1.82) is 0 Å². The Bertz CT molecular complexity index is 1130. The van der Waals surface area contributed by atoms with Crippen LogP contribution in [0.15, 0.2) is 36.5 Å². The molecule has 3 aromatic rings. The molecule has 0 amide bonds. The maximum absolute atomic E-state index is 14.4. The molecule has 28 heavy (non-hydrogen) atoms. The summed E-state index contributed by atoms with van der Waals surface area (Å²) in [4.78, 5) is 4.27.